The van der Waals surface area contributed by atoms with E-state index >= 15 is 0 Å². The molecule has 0 radical (unpaired) electrons. The van der Waals surface area contributed by atoms with Gasteiger partial charge in [-0.05, 0) is 47.5 Å². The highest BCUT2D eigenvalue weighted by molar-refractivity contribution is 5.68. The molecule has 2 heterocycles. The summed E-state index contributed by atoms with van der Waals surface area (Å²) in [5.74, 6) is -0.496. The van der Waals surface area contributed by atoms with Crippen LogP contribution in [0.3, 0.4) is 0 Å². The molecular formula is C17H32N2O4. The molecule has 0 bridgehead atoms. The van der Waals surface area contributed by atoms with E-state index in [1.807, 2.05) is 39.5 Å². The highest BCUT2D eigenvalue weighted by atomic mass is 16.7. The third-order valence-electron chi connectivity index (χ3n) is 4.06. The Labute approximate surface area is 139 Å². The molecule has 0 saturated carbocycles. The molecule has 1 unspecified atom stereocenters. The van der Waals surface area contributed by atoms with Gasteiger partial charge in [0.25, 0.3) is 0 Å². The van der Waals surface area contributed by atoms with Crippen LogP contribution in [0.2, 0.25) is 0 Å². The molecule has 1 N–H and O–H groups in total. The minimum atomic E-state index is -0.496. The Hall–Kier alpha value is -0.850. The van der Waals surface area contributed by atoms with Gasteiger partial charge in [0, 0.05) is 19.1 Å². The number of hydrogen-bond donors (Lipinski definition) is 1. The van der Waals surface area contributed by atoms with Gasteiger partial charge in [-0.1, -0.05) is 6.42 Å². The molecule has 0 aromatic carbocycles. The number of nitrogens with one attached hydrogen (secondary N) is 1. The lowest BCUT2D eigenvalue weighted by Gasteiger charge is -2.37. The normalized spacial score (nSPS) is 26.7. The maximum atomic E-state index is 12.3. The van der Waals surface area contributed by atoms with Crippen molar-refractivity contribution in [1.82, 2.24) is 10.2 Å². The Kier molecular flexibility index (Phi) is 5.92. The highest BCUT2D eigenvalue weighted by Crippen LogP contribution is 2.19. The van der Waals surface area contributed by atoms with E-state index < -0.39 is 11.4 Å². The van der Waals surface area contributed by atoms with Gasteiger partial charge in [0.1, 0.15) is 5.60 Å². The van der Waals surface area contributed by atoms with Crippen molar-refractivity contribution in [2.75, 3.05) is 26.3 Å². The fourth-order valence-corrected chi connectivity index (χ4v) is 2.89. The number of nitrogens with zero attached hydrogens (tertiary/aromatic N) is 1. The Morgan fingerprint density at radius 2 is 1.83 bits per heavy atom. The molecule has 2 saturated heterocycles. The second-order valence-corrected chi connectivity index (χ2v) is 8.00. The third kappa shape index (κ3) is 6.28. The van der Waals surface area contributed by atoms with Crippen molar-refractivity contribution in [3.8, 4) is 0 Å². The highest BCUT2D eigenvalue weighted by Gasteiger charge is 2.31. The van der Waals surface area contributed by atoms with Crippen LogP contribution in [0, 0.1) is 0 Å². The van der Waals surface area contributed by atoms with E-state index in [4.69, 9.17) is 14.2 Å². The molecular weight excluding hydrogens is 296 g/mol. The molecule has 6 nitrogen and oxygen atoms in total. The van der Waals surface area contributed by atoms with E-state index in [2.05, 4.69) is 5.32 Å². The molecule has 0 aliphatic carbocycles. The first kappa shape index (κ1) is 18.5. The summed E-state index contributed by atoms with van der Waals surface area (Å²) in [4.78, 5) is 14.1. The second-order valence-electron chi connectivity index (χ2n) is 8.00. The van der Waals surface area contributed by atoms with Crippen LogP contribution in [-0.4, -0.2) is 60.8 Å². The lowest BCUT2D eigenvalue weighted by molar-refractivity contribution is -0.253. The summed E-state index contributed by atoms with van der Waals surface area (Å²) in [5.41, 5.74) is -0.455. The van der Waals surface area contributed by atoms with Gasteiger partial charge in [-0.3, -0.25) is 0 Å². The molecule has 2 rings (SSSR count). The predicted molar refractivity (Wildman–Crippen MR) is 88.4 cm³/mol. The van der Waals surface area contributed by atoms with Crippen molar-refractivity contribution in [3.63, 3.8) is 0 Å². The summed E-state index contributed by atoms with van der Waals surface area (Å²) in [6.45, 7) is 12.3. The fraction of sp³-hybridized carbons (Fsp3) is 0.941. The topological polar surface area (TPSA) is 60.0 Å². The van der Waals surface area contributed by atoms with Gasteiger partial charge in [0.15, 0.2) is 5.79 Å². The maximum absolute atomic E-state index is 12.3. The minimum absolute atomic E-state index is 0.173. The Bertz CT molecular complexity index is 396. The molecule has 1 atom stereocenters. The van der Waals surface area contributed by atoms with E-state index in [-0.39, 0.29) is 18.2 Å². The zero-order valence-corrected chi connectivity index (χ0v) is 15.2. The van der Waals surface area contributed by atoms with E-state index in [0.29, 0.717) is 19.8 Å². The van der Waals surface area contributed by atoms with Gasteiger partial charge in [0.2, 0.25) is 0 Å². The molecule has 2 aliphatic rings. The summed E-state index contributed by atoms with van der Waals surface area (Å²) in [6.07, 6.45) is 2.96. The molecule has 1 amide bonds. The lowest BCUT2D eigenvalue weighted by atomic mass is 10.1. The first-order valence-corrected chi connectivity index (χ1v) is 8.66. The SMILES string of the molecule is CC(C)(C)OC(=O)N1CCCCC(NC2COC(C)(C)OC2)C1. The summed E-state index contributed by atoms with van der Waals surface area (Å²) in [6, 6.07) is 0.426. The Morgan fingerprint density at radius 3 is 2.43 bits per heavy atom. The van der Waals surface area contributed by atoms with E-state index in [0.717, 1.165) is 25.8 Å². The first-order chi connectivity index (χ1) is 10.6. The first-order valence-electron chi connectivity index (χ1n) is 8.66. The smallest absolute Gasteiger partial charge is 0.410 e. The van der Waals surface area contributed by atoms with Crippen LogP contribution < -0.4 is 5.32 Å². The second kappa shape index (κ2) is 7.36. The van der Waals surface area contributed by atoms with Crippen LogP contribution in [0.4, 0.5) is 4.79 Å². The van der Waals surface area contributed by atoms with Crippen molar-refractivity contribution in [3.05, 3.63) is 0 Å². The third-order valence-corrected chi connectivity index (χ3v) is 4.06. The number of ether oxygens (including phenoxy) is 3. The average Bonchev–Trinajstić information content (AvgIpc) is 2.65. The van der Waals surface area contributed by atoms with Crippen molar-refractivity contribution in [2.24, 2.45) is 0 Å². The number of amides is 1. The van der Waals surface area contributed by atoms with E-state index in [9.17, 15) is 4.79 Å². The summed E-state index contributed by atoms with van der Waals surface area (Å²) < 4.78 is 16.9. The predicted octanol–water partition coefficient (Wildman–Crippen LogP) is 2.52. The van der Waals surface area contributed by atoms with E-state index in [1.54, 1.807) is 0 Å². The van der Waals surface area contributed by atoms with Gasteiger partial charge in [-0.2, -0.15) is 0 Å². The van der Waals surface area contributed by atoms with Crippen LogP contribution in [0.15, 0.2) is 0 Å². The van der Waals surface area contributed by atoms with Crippen LogP contribution in [0.25, 0.3) is 0 Å². The van der Waals surface area contributed by atoms with Gasteiger partial charge >= 0.3 is 6.09 Å². The monoisotopic (exact) mass is 328 g/mol. The van der Waals surface area contributed by atoms with Gasteiger partial charge < -0.3 is 24.4 Å². The molecule has 2 fully saturated rings. The molecule has 2 aliphatic heterocycles. The number of likely N-dealkylation sites (tertiary alicyclic amines) is 1. The Morgan fingerprint density at radius 1 is 1.17 bits per heavy atom. The van der Waals surface area contributed by atoms with E-state index in [1.165, 1.54) is 0 Å². The summed E-state index contributed by atoms with van der Waals surface area (Å²) >= 11 is 0. The molecule has 23 heavy (non-hydrogen) atoms. The van der Waals surface area contributed by atoms with Gasteiger partial charge in [0.05, 0.1) is 19.3 Å². The number of hydrogen-bond acceptors (Lipinski definition) is 5. The van der Waals surface area contributed by atoms with Crippen LogP contribution in [0.1, 0.15) is 53.9 Å². The Balaban J connectivity index is 1.86. The average molecular weight is 328 g/mol. The van der Waals surface area contributed by atoms with Gasteiger partial charge in [-0.25, -0.2) is 4.79 Å². The molecule has 0 spiro atoms. The zero-order valence-electron chi connectivity index (χ0n) is 15.2. The molecule has 134 valence electrons. The number of rotatable bonds is 2. The van der Waals surface area contributed by atoms with Crippen molar-refractivity contribution in [2.45, 2.75) is 77.4 Å². The number of carbonyl (C=O) groups excluding carboxylic acids is 1. The van der Waals surface area contributed by atoms with Crippen molar-refractivity contribution < 1.29 is 19.0 Å². The van der Waals surface area contributed by atoms with Gasteiger partial charge in [-0.15, -0.1) is 0 Å². The summed E-state index contributed by atoms with van der Waals surface area (Å²) in [7, 11) is 0. The van der Waals surface area contributed by atoms with Crippen molar-refractivity contribution >= 4 is 6.09 Å². The minimum Gasteiger partial charge on any atom is -0.444 e. The van der Waals surface area contributed by atoms with Crippen LogP contribution in [0.5, 0.6) is 0 Å². The summed E-state index contributed by atoms with van der Waals surface area (Å²) in [5, 5.41) is 3.58. The van der Waals surface area contributed by atoms with Crippen LogP contribution >= 0.6 is 0 Å². The molecule has 6 heteroatoms. The van der Waals surface area contributed by atoms with Crippen molar-refractivity contribution in [1.29, 1.82) is 0 Å². The maximum Gasteiger partial charge on any atom is 0.410 e. The standard InChI is InChI=1S/C17H32N2O4/c1-16(2,3)23-15(20)19-9-7-6-8-13(10-19)18-14-11-21-17(4,5)22-12-14/h13-14,18H,6-12H2,1-5H3. The fourth-order valence-electron chi connectivity index (χ4n) is 2.89. The quantitative estimate of drug-likeness (QED) is 0.844. The lowest BCUT2D eigenvalue weighted by Crippen LogP contribution is -2.54. The zero-order chi connectivity index (χ0) is 17.1. The number of carbonyl (C=O) groups is 1. The molecule has 0 aromatic heterocycles. The largest absolute Gasteiger partial charge is 0.444 e. The van der Waals surface area contributed by atoms with Crippen LogP contribution in [-0.2, 0) is 14.2 Å². The molecule has 0 aromatic rings.